The zero-order valence-electron chi connectivity index (χ0n) is 18.8. The van der Waals surface area contributed by atoms with Crippen molar-refractivity contribution in [2.75, 3.05) is 20.3 Å². The molecule has 9 nitrogen and oxygen atoms in total. The minimum atomic E-state index is -6.00. The number of halogens is 7. The van der Waals surface area contributed by atoms with Gasteiger partial charge in [0.1, 0.15) is 11.8 Å². The number of hydrogen-bond acceptors (Lipinski definition) is 9. The largest absolute Gasteiger partial charge is 0.504 e. The van der Waals surface area contributed by atoms with E-state index in [1.807, 2.05) is 0 Å². The van der Waals surface area contributed by atoms with Gasteiger partial charge in [-0.1, -0.05) is 0 Å². The third-order valence-electron chi connectivity index (χ3n) is 5.60. The van der Waals surface area contributed by atoms with Crippen molar-refractivity contribution in [3.63, 3.8) is 0 Å². The van der Waals surface area contributed by atoms with Crippen LogP contribution < -0.4 is 10.1 Å². The summed E-state index contributed by atoms with van der Waals surface area (Å²) >= 11 is 1.48. The summed E-state index contributed by atoms with van der Waals surface area (Å²) in [7, 11) is 1.03. The van der Waals surface area contributed by atoms with Gasteiger partial charge in [0.25, 0.3) is 0 Å². The molecule has 1 aliphatic heterocycles. The van der Waals surface area contributed by atoms with E-state index < -0.39 is 83.8 Å². The molecule has 1 heterocycles. The van der Waals surface area contributed by atoms with E-state index in [-0.39, 0.29) is 3.57 Å². The third kappa shape index (κ3) is 5.04. The lowest BCUT2D eigenvalue weighted by Crippen LogP contribution is -2.81. The number of carbonyl (C=O) groups excluding carboxylic acids is 2. The molecule has 0 bridgehead atoms. The lowest BCUT2D eigenvalue weighted by molar-refractivity contribution is -0.376. The molecule has 16 heteroatoms. The smallest absolute Gasteiger partial charge is 0.432 e. The maximum absolute atomic E-state index is 14.2. The molecule has 4 N–H and O–H groups in total. The van der Waals surface area contributed by atoms with Crippen LogP contribution in [0, 0.1) is 15.4 Å². The fraction of sp³-hybridized carbons (Fsp3) is 0.600. The van der Waals surface area contributed by atoms with E-state index in [9.17, 15) is 51.3 Å². The zero-order valence-corrected chi connectivity index (χ0v) is 21.0. The topological polar surface area (TPSA) is 135 Å². The molecule has 0 saturated carbocycles. The summed E-state index contributed by atoms with van der Waals surface area (Å²) in [6.07, 6.45) is -12.0. The maximum Gasteiger partial charge on any atom is 0.432 e. The van der Waals surface area contributed by atoms with Gasteiger partial charge in [-0.2, -0.15) is 26.3 Å². The van der Waals surface area contributed by atoms with E-state index in [4.69, 9.17) is 4.74 Å². The minimum Gasteiger partial charge on any atom is -0.504 e. The molecule has 1 unspecified atom stereocenters. The fourth-order valence-corrected chi connectivity index (χ4v) is 4.70. The molecule has 1 saturated heterocycles. The molecule has 1 aromatic carbocycles. The quantitative estimate of drug-likeness (QED) is 0.209. The predicted octanol–water partition coefficient (Wildman–Crippen LogP) is 2.55. The number of methoxy groups -OCH3 is 1. The Balaban J connectivity index is 3.07. The Morgan fingerprint density at radius 2 is 1.39 bits per heavy atom. The van der Waals surface area contributed by atoms with E-state index in [0.29, 0.717) is 5.32 Å². The first-order valence-electron chi connectivity index (χ1n) is 10.2. The Bertz CT molecular complexity index is 958. The first-order chi connectivity index (χ1) is 16.4. The average molecular weight is 645 g/mol. The van der Waals surface area contributed by atoms with E-state index in [1.165, 1.54) is 36.4 Å². The van der Waals surface area contributed by atoms with Crippen LogP contribution in [0.2, 0.25) is 0 Å². The van der Waals surface area contributed by atoms with Crippen molar-refractivity contribution in [1.82, 2.24) is 5.32 Å². The number of phenols is 1. The number of alkyl halides is 6. The van der Waals surface area contributed by atoms with Crippen LogP contribution in [0.4, 0.5) is 26.3 Å². The molecule has 1 aromatic rings. The molecule has 0 aliphatic carbocycles. The molecule has 204 valence electrons. The molecule has 2 rings (SSSR count). The highest BCUT2D eigenvalue weighted by molar-refractivity contribution is 14.1. The fourth-order valence-electron chi connectivity index (χ4n) is 4.08. The third-order valence-corrected chi connectivity index (χ3v) is 6.42. The second kappa shape index (κ2) is 10.4. The number of piperidine rings is 1. The summed E-state index contributed by atoms with van der Waals surface area (Å²) in [5.74, 6) is -13.1. The van der Waals surface area contributed by atoms with Crippen molar-refractivity contribution in [2.45, 2.75) is 43.6 Å². The van der Waals surface area contributed by atoms with Crippen molar-refractivity contribution in [1.29, 1.82) is 0 Å². The first kappa shape index (κ1) is 30.2. The summed E-state index contributed by atoms with van der Waals surface area (Å²) in [4.78, 5) is 25.6. The van der Waals surface area contributed by atoms with Gasteiger partial charge >= 0.3 is 24.3 Å². The number of carbonyl (C=O) groups is 2. The zero-order chi connectivity index (χ0) is 27.9. The Morgan fingerprint density at radius 1 is 0.972 bits per heavy atom. The van der Waals surface area contributed by atoms with Gasteiger partial charge in [-0.3, -0.25) is 9.59 Å². The second-order valence-electron chi connectivity index (χ2n) is 7.69. The van der Waals surface area contributed by atoms with E-state index in [0.717, 1.165) is 19.2 Å². The molecule has 5 atom stereocenters. The van der Waals surface area contributed by atoms with Gasteiger partial charge < -0.3 is 29.5 Å². The lowest BCUT2D eigenvalue weighted by atomic mass is 9.64. The van der Waals surface area contributed by atoms with Crippen LogP contribution in [-0.4, -0.2) is 71.4 Å². The number of ether oxygens (including phenoxy) is 3. The van der Waals surface area contributed by atoms with Crippen molar-refractivity contribution in [3.05, 3.63) is 21.3 Å². The van der Waals surface area contributed by atoms with Crippen molar-refractivity contribution in [2.24, 2.45) is 11.8 Å². The molecule has 36 heavy (non-hydrogen) atoms. The Hall–Kier alpha value is -2.05. The van der Waals surface area contributed by atoms with Crippen LogP contribution >= 0.6 is 22.6 Å². The Morgan fingerprint density at radius 3 is 1.72 bits per heavy atom. The molecule has 1 fully saturated rings. The standard InChI is InChI=1S/C20H22F6INO8/c1-4-35-15(30)12-11(8-6-9(27)14(29)10(7-8)34-3)13(16(31)36-5-2)18(33,20(24,25)26)28-17(12,32)19(21,22)23/h6-7,11-13,28-29,32-33H,4-5H2,1-3H3/t11?,12-,13+,17-,18+. The van der Waals surface area contributed by atoms with Crippen molar-refractivity contribution >= 4 is 34.5 Å². The first-order valence-corrected chi connectivity index (χ1v) is 11.3. The monoisotopic (exact) mass is 645 g/mol. The number of benzene rings is 1. The van der Waals surface area contributed by atoms with Crippen LogP contribution in [0.1, 0.15) is 25.3 Å². The predicted molar refractivity (Wildman–Crippen MR) is 116 cm³/mol. The summed E-state index contributed by atoms with van der Waals surface area (Å²) < 4.78 is 99.1. The molecule has 0 spiro atoms. The van der Waals surface area contributed by atoms with Gasteiger partial charge in [-0.25, -0.2) is 5.32 Å². The number of hydrogen-bond donors (Lipinski definition) is 4. The number of aliphatic hydroxyl groups is 2. The van der Waals surface area contributed by atoms with Crippen LogP contribution in [-0.2, 0) is 19.1 Å². The average Bonchev–Trinajstić information content (AvgIpc) is 2.73. The SMILES string of the molecule is CCOC(=O)[C@@H]1C(c2cc(I)c(O)c(OC)c2)[C@H](C(=O)OCC)[C@@](O)(C(F)(F)F)N[C@@]1(O)C(F)(F)F. The molecule has 1 aliphatic rings. The van der Waals surface area contributed by atoms with E-state index >= 15 is 0 Å². The summed E-state index contributed by atoms with van der Waals surface area (Å²) in [6, 6.07) is 1.65. The normalized spacial score (nSPS) is 28.9. The van der Waals surface area contributed by atoms with Crippen LogP contribution in [0.3, 0.4) is 0 Å². The van der Waals surface area contributed by atoms with Crippen LogP contribution in [0.25, 0.3) is 0 Å². The molecule has 0 amide bonds. The van der Waals surface area contributed by atoms with Gasteiger partial charge in [-0.15, -0.1) is 0 Å². The minimum absolute atomic E-state index is 0.156. The highest BCUT2D eigenvalue weighted by atomic mass is 127. The number of nitrogens with one attached hydrogen (secondary N) is 1. The van der Waals surface area contributed by atoms with Gasteiger partial charge in [0.15, 0.2) is 11.5 Å². The maximum atomic E-state index is 14.2. The number of aromatic hydroxyl groups is 1. The molecular formula is C20H22F6INO8. The van der Waals surface area contributed by atoms with Gasteiger partial charge in [0, 0.05) is 5.92 Å². The second-order valence-corrected chi connectivity index (χ2v) is 8.85. The van der Waals surface area contributed by atoms with E-state index in [2.05, 4.69) is 9.47 Å². The van der Waals surface area contributed by atoms with Gasteiger partial charge in [-0.05, 0) is 54.1 Å². The van der Waals surface area contributed by atoms with Crippen molar-refractivity contribution in [3.8, 4) is 11.5 Å². The van der Waals surface area contributed by atoms with Crippen LogP contribution in [0.5, 0.6) is 11.5 Å². The highest BCUT2D eigenvalue weighted by Gasteiger charge is 2.78. The summed E-state index contributed by atoms with van der Waals surface area (Å²) in [5, 5.41) is 32.1. The molecule has 0 radical (unpaired) electrons. The van der Waals surface area contributed by atoms with Gasteiger partial charge in [0.05, 0.1) is 23.9 Å². The number of rotatable bonds is 6. The summed E-state index contributed by atoms with van der Waals surface area (Å²) in [6.45, 7) is 1.30. The Kier molecular flexibility index (Phi) is 8.69. The molecular weight excluding hydrogens is 623 g/mol. The van der Waals surface area contributed by atoms with Gasteiger partial charge in [0.2, 0.25) is 11.4 Å². The number of phenolic OH excluding ortho intramolecular Hbond substituents is 1. The lowest BCUT2D eigenvalue weighted by Gasteiger charge is -2.54. The number of esters is 2. The van der Waals surface area contributed by atoms with E-state index in [1.54, 1.807) is 0 Å². The van der Waals surface area contributed by atoms with Crippen molar-refractivity contribution < 1.29 is 65.5 Å². The highest BCUT2D eigenvalue weighted by Crippen LogP contribution is 2.56. The van der Waals surface area contributed by atoms with Crippen LogP contribution in [0.15, 0.2) is 12.1 Å². The summed E-state index contributed by atoms with van der Waals surface area (Å²) in [5.41, 5.74) is -10.1. The molecule has 0 aromatic heterocycles. The Labute approximate surface area is 213 Å².